The van der Waals surface area contributed by atoms with Gasteiger partial charge in [-0.05, 0) is 18.2 Å². The van der Waals surface area contributed by atoms with Crippen LogP contribution in [0.4, 0.5) is 16.2 Å². The third-order valence-electron chi connectivity index (χ3n) is 3.81. The zero-order valence-corrected chi connectivity index (χ0v) is 13.9. The molecule has 0 fully saturated rings. The average Bonchev–Trinajstić information content (AvgIpc) is 2.60. The van der Waals surface area contributed by atoms with Crippen molar-refractivity contribution in [2.45, 2.75) is 19.6 Å². The second-order valence-electron chi connectivity index (χ2n) is 5.84. The van der Waals surface area contributed by atoms with E-state index in [1.165, 1.54) is 0 Å². The molecule has 0 saturated carbocycles. The summed E-state index contributed by atoms with van der Waals surface area (Å²) in [6, 6.07) is 5.49. The number of urea groups is 1. The van der Waals surface area contributed by atoms with E-state index in [2.05, 4.69) is 20.6 Å². The second kappa shape index (κ2) is 7.27. The zero-order chi connectivity index (χ0) is 16.9. The van der Waals surface area contributed by atoms with Crippen molar-refractivity contribution in [2.24, 2.45) is 0 Å². The fourth-order valence-corrected chi connectivity index (χ4v) is 2.49. The fourth-order valence-electron chi connectivity index (χ4n) is 2.49. The van der Waals surface area contributed by atoms with E-state index < -0.39 is 0 Å². The Labute approximate surface area is 141 Å². The highest BCUT2D eigenvalue weighted by Gasteiger charge is 2.12. The molecule has 2 aromatic rings. The number of hydrogen-bond donors (Lipinski definition) is 2. The van der Waals surface area contributed by atoms with Gasteiger partial charge >= 0.3 is 6.03 Å². The smallest absolute Gasteiger partial charge is 0.319 e. The summed E-state index contributed by atoms with van der Waals surface area (Å²) in [5.74, 6) is 0. The van der Waals surface area contributed by atoms with Gasteiger partial charge in [-0.2, -0.15) is 0 Å². The Morgan fingerprint density at radius 1 is 1.33 bits per heavy atom. The molecule has 0 radical (unpaired) electrons. The summed E-state index contributed by atoms with van der Waals surface area (Å²) in [6.07, 6.45) is 4.22. The first-order valence-electron chi connectivity index (χ1n) is 7.84. The molecule has 3 rings (SSSR count). The highest BCUT2D eigenvalue weighted by Crippen LogP contribution is 2.18. The Bertz CT molecular complexity index is 733. The number of carbonyl (C=O) groups excluding carboxylic acids is 1. The lowest BCUT2D eigenvalue weighted by Crippen LogP contribution is -2.29. The van der Waals surface area contributed by atoms with E-state index in [9.17, 15) is 4.79 Å². The van der Waals surface area contributed by atoms with Gasteiger partial charge < -0.3 is 20.3 Å². The Hall–Kier alpha value is -2.67. The number of carbonyl (C=O) groups is 1. The minimum atomic E-state index is -0.287. The molecule has 1 aliphatic rings. The maximum atomic E-state index is 12.1. The molecule has 0 atom stereocenters. The molecular formula is C17H21N5O2. The van der Waals surface area contributed by atoms with Crippen molar-refractivity contribution in [1.82, 2.24) is 15.3 Å². The lowest BCUT2D eigenvalue weighted by Gasteiger charge is -2.16. The van der Waals surface area contributed by atoms with Gasteiger partial charge in [0.05, 0.1) is 37.3 Å². The van der Waals surface area contributed by atoms with Gasteiger partial charge in [0, 0.05) is 43.7 Å². The van der Waals surface area contributed by atoms with E-state index in [1.807, 2.05) is 37.2 Å². The molecule has 0 saturated heterocycles. The summed E-state index contributed by atoms with van der Waals surface area (Å²) in [5.41, 5.74) is 4.57. The summed E-state index contributed by atoms with van der Waals surface area (Å²) in [4.78, 5) is 22.7. The summed E-state index contributed by atoms with van der Waals surface area (Å²) < 4.78 is 5.41. The first-order valence-corrected chi connectivity index (χ1v) is 7.84. The molecule has 1 aliphatic heterocycles. The van der Waals surface area contributed by atoms with Crippen molar-refractivity contribution < 1.29 is 9.53 Å². The fraction of sp³-hybridized carbons (Fsp3) is 0.353. The molecule has 0 unspecified atom stereocenters. The normalized spacial score (nSPS) is 13.1. The zero-order valence-electron chi connectivity index (χ0n) is 13.9. The van der Waals surface area contributed by atoms with E-state index in [1.54, 1.807) is 12.4 Å². The Kier molecular flexibility index (Phi) is 4.90. The van der Waals surface area contributed by atoms with Crippen LogP contribution < -0.4 is 15.5 Å². The second-order valence-corrected chi connectivity index (χ2v) is 5.84. The minimum absolute atomic E-state index is 0.287. The van der Waals surface area contributed by atoms with Gasteiger partial charge in [-0.3, -0.25) is 9.97 Å². The maximum Gasteiger partial charge on any atom is 0.319 e. The number of nitrogens with zero attached hydrogens (tertiary/aromatic N) is 3. The quantitative estimate of drug-likeness (QED) is 0.897. The molecule has 126 valence electrons. The summed E-state index contributed by atoms with van der Waals surface area (Å²) >= 11 is 0. The van der Waals surface area contributed by atoms with Gasteiger partial charge in [-0.1, -0.05) is 0 Å². The molecule has 2 N–H and O–H groups in total. The van der Waals surface area contributed by atoms with Crippen LogP contribution in [0.5, 0.6) is 0 Å². The van der Waals surface area contributed by atoms with Crippen LogP contribution in [0.3, 0.4) is 0 Å². The van der Waals surface area contributed by atoms with Gasteiger partial charge in [0.25, 0.3) is 0 Å². The first kappa shape index (κ1) is 16.2. The van der Waals surface area contributed by atoms with Gasteiger partial charge in [-0.15, -0.1) is 0 Å². The molecule has 2 amide bonds. The van der Waals surface area contributed by atoms with E-state index in [0.29, 0.717) is 25.4 Å². The number of anilines is 2. The van der Waals surface area contributed by atoms with Gasteiger partial charge in [0.15, 0.2) is 0 Å². The van der Waals surface area contributed by atoms with Crippen molar-refractivity contribution in [3.8, 4) is 0 Å². The summed E-state index contributed by atoms with van der Waals surface area (Å²) in [5, 5.41) is 5.60. The molecule has 2 aromatic heterocycles. The van der Waals surface area contributed by atoms with E-state index in [4.69, 9.17) is 4.74 Å². The van der Waals surface area contributed by atoms with Gasteiger partial charge in [0.1, 0.15) is 0 Å². The lowest BCUT2D eigenvalue weighted by molar-refractivity contribution is 0.109. The molecule has 3 heterocycles. The van der Waals surface area contributed by atoms with Crippen molar-refractivity contribution in [3.63, 3.8) is 0 Å². The number of aromatic nitrogens is 2. The van der Waals surface area contributed by atoms with Crippen LogP contribution in [-0.2, 0) is 24.3 Å². The van der Waals surface area contributed by atoms with E-state index >= 15 is 0 Å². The number of hydrogen-bond acceptors (Lipinski definition) is 5. The van der Waals surface area contributed by atoms with Crippen LogP contribution in [0.25, 0.3) is 0 Å². The van der Waals surface area contributed by atoms with Gasteiger partial charge in [-0.25, -0.2) is 4.79 Å². The number of fused-ring (bicyclic) bond motifs is 1. The van der Waals surface area contributed by atoms with E-state index in [-0.39, 0.29) is 6.03 Å². The lowest BCUT2D eigenvalue weighted by atomic mass is 10.1. The van der Waals surface area contributed by atoms with E-state index in [0.717, 1.165) is 29.1 Å². The monoisotopic (exact) mass is 327 g/mol. The number of nitrogens with one attached hydrogen (secondary N) is 2. The molecule has 0 bridgehead atoms. The van der Waals surface area contributed by atoms with Crippen LogP contribution >= 0.6 is 0 Å². The van der Waals surface area contributed by atoms with Crippen LogP contribution in [-0.4, -0.2) is 36.7 Å². The topological polar surface area (TPSA) is 79.4 Å². The first-order chi connectivity index (χ1) is 11.6. The predicted molar refractivity (Wildman–Crippen MR) is 92.0 cm³/mol. The van der Waals surface area contributed by atoms with Crippen molar-refractivity contribution in [3.05, 3.63) is 47.5 Å². The summed E-state index contributed by atoms with van der Waals surface area (Å²) in [6.45, 7) is 1.60. The molecular weight excluding hydrogens is 306 g/mol. The third kappa shape index (κ3) is 3.99. The van der Waals surface area contributed by atoms with Crippen LogP contribution in [0.2, 0.25) is 0 Å². The predicted octanol–water partition coefficient (Wildman–Crippen LogP) is 1.94. The van der Waals surface area contributed by atoms with Gasteiger partial charge in [0.2, 0.25) is 0 Å². The van der Waals surface area contributed by atoms with Crippen molar-refractivity contribution in [1.29, 1.82) is 0 Å². The van der Waals surface area contributed by atoms with Crippen molar-refractivity contribution in [2.75, 3.05) is 30.9 Å². The third-order valence-corrected chi connectivity index (χ3v) is 3.81. The number of amides is 2. The largest absolute Gasteiger partial charge is 0.378 e. The molecule has 0 spiro atoms. The number of rotatable bonds is 4. The standard InChI is InChI=1S/C17H21N5O2/c1-22(2)15-3-5-18-13(8-15)9-20-17(23)21-14-7-12-11-24-6-4-16(12)19-10-14/h3,5,7-8,10H,4,6,9,11H2,1-2H3,(H2,20,21,23). The number of pyridine rings is 2. The molecule has 24 heavy (non-hydrogen) atoms. The Morgan fingerprint density at radius 2 is 2.21 bits per heavy atom. The number of ether oxygens (including phenoxy) is 1. The molecule has 0 aliphatic carbocycles. The highest BCUT2D eigenvalue weighted by atomic mass is 16.5. The Balaban J connectivity index is 1.57. The van der Waals surface area contributed by atoms with Crippen LogP contribution in [0.15, 0.2) is 30.6 Å². The van der Waals surface area contributed by atoms with Crippen LogP contribution in [0, 0.1) is 0 Å². The highest BCUT2D eigenvalue weighted by molar-refractivity contribution is 5.89. The summed E-state index contributed by atoms with van der Waals surface area (Å²) in [7, 11) is 3.93. The SMILES string of the molecule is CN(C)c1ccnc(CNC(=O)Nc2cnc3c(c2)COCC3)c1. The Morgan fingerprint density at radius 3 is 3.04 bits per heavy atom. The molecule has 7 nitrogen and oxygen atoms in total. The molecule has 0 aromatic carbocycles. The average molecular weight is 327 g/mol. The maximum absolute atomic E-state index is 12.1. The minimum Gasteiger partial charge on any atom is -0.378 e. The van der Waals surface area contributed by atoms with Crippen LogP contribution in [0.1, 0.15) is 17.0 Å². The van der Waals surface area contributed by atoms with Crippen molar-refractivity contribution >= 4 is 17.4 Å². The molecule has 7 heteroatoms.